The lowest BCUT2D eigenvalue weighted by Gasteiger charge is -2.40. The molecular weight excluding hydrogens is 258 g/mol. The van der Waals surface area contributed by atoms with Crippen LogP contribution >= 0.6 is 0 Å². The number of hydrogen-bond acceptors (Lipinski definition) is 5. The number of hydrogen-bond donors (Lipinski definition) is 1. The van der Waals surface area contributed by atoms with Crippen molar-refractivity contribution in [3.8, 4) is 0 Å². The second-order valence-corrected chi connectivity index (χ2v) is 5.55. The molecule has 1 N–H and O–H groups in total. The summed E-state index contributed by atoms with van der Waals surface area (Å²) in [5.74, 6) is -0.137. The van der Waals surface area contributed by atoms with Crippen LogP contribution in [0.4, 0.5) is 0 Å². The molecule has 1 saturated heterocycles. The van der Waals surface area contributed by atoms with Gasteiger partial charge in [0.05, 0.1) is 13.4 Å². The van der Waals surface area contributed by atoms with Crippen molar-refractivity contribution < 1.29 is 19.1 Å². The van der Waals surface area contributed by atoms with Gasteiger partial charge in [0, 0.05) is 18.7 Å². The summed E-state index contributed by atoms with van der Waals surface area (Å²) < 4.78 is 9.91. The molecule has 0 aromatic carbocycles. The number of aliphatic hydroxyl groups is 1. The van der Waals surface area contributed by atoms with E-state index in [0.29, 0.717) is 12.3 Å². The van der Waals surface area contributed by atoms with Crippen LogP contribution in [-0.4, -0.2) is 42.8 Å². The lowest BCUT2D eigenvalue weighted by Crippen LogP contribution is -2.41. The average Bonchev–Trinajstić information content (AvgIpc) is 2.96. The Morgan fingerprint density at radius 1 is 1.50 bits per heavy atom. The zero-order valence-electron chi connectivity index (χ0n) is 12.2. The van der Waals surface area contributed by atoms with E-state index in [0.717, 1.165) is 37.9 Å². The first-order valence-electron chi connectivity index (χ1n) is 7.12. The predicted octanol–water partition coefficient (Wildman–Crippen LogP) is 2.05. The van der Waals surface area contributed by atoms with E-state index in [4.69, 9.17) is 9.15 Å². The number of esters is 1. The highest BCUT2D eigenvalue weighted by molar-refractivity contribution is 5.87. The second kappa shape index (κ2) is 6.41. The zero-order chi connectivity index (χ0) is 14.6. The third-order valence-electron chi connectivity index (χ3n) is 4.51. The summed E-state index contributed by atoms with van der Waals surface area (Å²) in [4.78, 5) is 13.9. The smallest absolute Gasteiger partial charge is 0.374 e. The first kappa shape index (κ1) is 15.1. The second-order valence-electron chi connectivity index (χ2n) is 5.55. The molecule has 0 atom stereocenters. The summed E-state index contributed by atoms with van der Waals surface area (Å²) in [7, 11) is 1.35. The fourth-order valence-electron chi connectivity index (χ4n) is 2.78. The van der Waals surface area contributed by atoms with Gasteiger partial charge in [-0.1, -0.05) is 6.92 Å². The van der Waals surface area contributed by atoms with Crippen LogP contribution in [0.5, 0.6) is 0 Å². The van der Waals surface area contributed by atoms with Crippen LogP contribution in [0.25, 0.3) is 0 Å². The Bertz CT molecular complexity index is 440. The molecule has 1 aromatic heterocycles. The molecular formula is C15H23NO4. The van der Waals surface area contributed by atoms with Crippen molar-refractivity contribution in [2.45, 2.75) is 32.7 Å². The van der Waals surface area contributed by atoms with E-state index in [-0.39, 0.29) is 12.0 Å². The van der Waals surface area contributed by atoms with Crippen LogP contribution in [0, 0.1) is 5.41 Å². The fraction of sp³-hybridized carbons (Fsp3) is 0.667. The number of methoxy groups -OCH3 is 1. The summed E-state index contributed by atoms with van der Waals surface area (Å²) >= 11 is 0. The molecule has 1 aliphatic rings. The number of ether oxygens (including phenoxy) is 1. The highest BCUT2D eigenvalue weighted by atomic mass is 16.5. The van der Waals surface area contributed by atoms with Crippen molar-refractivity contribution in [3.63, 3.8) is 0 Å². The lowest BCUT2D eigenvalue weighted by molar-refractivity contribution is 0.0376. The van der Waals surface area contributed by atoms with Crippen molar-refractivity contribution >= 4 is 5.97 Å². The minimum absolute atomic E-state index is 0.0814. The zero-order valence-corrected chi connectivity index (χ0v) is 12.2. The van der Waals surface area contributed by atoms with Gasteiger partial charge in [0.25, 0.3) is 0 Å². The molecule has 0 radical (unpaired) electrons. The third kappa shape index (κ3) is 3.04. The molecule has 5 nitrogen and oxygen atoms in total. The largest absolute Gasteiger partial charge is 0.463 e. The van der Waals surface area contributed by atoms with E-state index in [1.54, 1.807) is 0 Å². The van der Waals surface area contributed by atoms with Gasteiger partial charge in [0.15, 0.2) is 0 Å². The van der Waals surface area contributed by atoms with Gasteiger partial charge >= 0.3 is 5.97 Å². The SMILES string of the molecule is CCC1(CO)CCN(Cc2ccoc2C(=O)OC)CC1. The van der Waals surface area contributed by atoms with Crippen LogP contribution in [0.2, 0.25) is 0 Å². The molecule has 1 aliphatic heterocycles. The molecule has 0 saturated carbocycles. The summed E-state index contributed by atoms with van der Waals surface area (Å²) in [6.45, 7) is 4.94. The molecule has 1 aromatic rings. The van der Waals surface area contributed by atoms with E-state index in [9.17, 15) is 9.90 Å². The summed E-state index contributed by atoms with van der Waals surface area (Å²) in [5, 5.41) is 9.54. The first-order valence-corrected chi connectivity index (χ1v) is 7.12. The van der Waals surface area contributed by atoms with Gasteiger partial charge in [-0.25, -0.2) is 4.79 Å². The highest BCUT2D eigenvalue weighted by Crippen LogP contribution is 2.34. The minimum atomic E-state index is -0.430. The number of nitrogens with zero attached hydrogens (tertiary/aromatic N) is 1. The van der Waals surface area contributed by atoms with E-state index in [1.165, 1.54) is 13.4 Å². The van der Waals surface area contributed by atoms with Gasteiger partial charge in [-0.05, 0) is 43.8 Å². The number of likely N-dealkylation sites (tertiary alicyclic amines) is 1. The van der Waals surface area contributed by atoms with E-state index in [1.807, 2.05) is 6.07 Å². The lowest BCUT2D eigenvalue weighted by atomic mass is 9.77. The molecule has 20 heavy (non-hydrogen) atoms. The van der Waals surface area contributed by atoms with Crippen LogP contribution in [-0.2, 0) is 11.3 Å². The van der Waals surface area contributed by atoms with Gasteiger partial charge in [-0.3, -0.25) is 4.90 Å². The highest BCUT2D eigenvalue weighted by Gasteiger charge is 2.32. The number of piperidine rings is 1. The standard InChI is InChI=1S/C15H23NO4/c1-3-15(11-17)5-7-16(8-6-15)10-12-4-9-20-13(12)14(18)19-2/h4,9,17H,3,5-8,10-11H2,1-2H3. The quantitative estimate of drug-likeness (QED) is 0.837. The topological polar surface area (TPSA) is 62.9 Å². The van der Waals surface area contributed by atoms with Gasteiger partial charge in [0.2, 0.25) is 5.76 Å². The van der Waals surface area contributed by atoms with Gasteiger partial charge < -0.3 is 14.3 Å². The Kier molecular flexibility index (Phi) is 4.83. The Balaban J connectivity index is 1.96. The molecule has 0 aliphatic carbocycles. The molecule has 2 heterocycles. The predicted molar refractivity (Wildman–Crippen MR) is 74.4 cm³/mol. The molecule has 0 unspecified atom stereocenters. The number of rotatable bonds is 5. The van der Waals surface area contributed by atoms with E-state index < -0.39 is 5.97 Å². The fourth-order valence-corrected chi connectivity index (χ4v) is 2.78. The summed E-state index contributed by atoms with van der Waals surface area (Å²) in [5.41, 5.74) is 0.947. The van der Waals surface area contributed by atoms with E-state index in [2.05, 4.69) is 11.8 Å². The number of furan rings is 1. The van der Waals surface area contributed by atoms with Crippen LogP contribution in [0.3, 0.4) is 0 Å². The first-order chi connectivity index (χ1) is 9.64. The Labute approximate surface area is 119 Å². The Morgan fingerprint density at radius 3 is 2.75 bits per heavy atom. The Morgan fingerprint density at radius 2 is 2.20 bits per heavy atom. The molecule has 0 bridgehead atoms. The Hall–Kier alpha value is -1.33. The number of carbonyl (C=O) groups excluding carboxylic acids is 1. The maximum Gasteiger partial charge on any atom is 0.374 e. The maximum atomic E-state index is 11.6. The molecule has 0 amide bonds. The van der Waals surface area contributed by atoms with Crippen molar-refractivity contribution in [1.82, 2.24) is 4.90 Å². The van der Waals surface area contributed by atoms with Crippen molar-refractivity contribution in [3.05, 3.63) is 23.7 Å². The average molecular weight is 281 g/mol. The van der Waals surface area contributed by atoms with Crippen molar-refractivity contribution in [1.29, 1.82) is 0 Å². The van der Waals surface area contributed by atoms with Gasteiger partial charge in [0.1, 0.15) is 0 Å². The van der Waals surface area contributed by atoms with Gasteiger partial charge in [-0.2, -0.15) is 0 Å². The molecule has 5 heteroatoms. The monoisotopic (exact) mass is 281 g/mol. The minimum Gasteiger partial charge on any atom is -0.463 e. The summed E-state index contributed by atoms with van der Waals surface area (Å²) in [6.07, 6.45) is 4.52. The number of aliphatic hydroxyl groups excluding tert-OH is 1. The van der Waals surface area contributed by atoms with Crippen LogP contribution in [0.15, 0.2) is 16.7 Å². The molecule has 2 rings (SSSR count). The molecule has 1 fully saturated rings. The van der Waals surface area contributed by atoms with Crippen LogP contribution < -0.4 is 0 Å². The van der Waals surface area contributed by atoms with E-state index >= 15 is 0 Å². The van der Waals surface area contributed by atoms with Crippen molar-refractivity contribution in [2.75, 3.05) is 26.8 Å². The van der Waals surface area contributed by atoms with Crippen LogP contribution in [0.1, 0.15) is 42.3 Å². The van der Waals surface area contributed by atoms with Crippen molar-refractivity contribution in [2.24, 2.45) is 5.41 Å². The van der Waals surface area contributed by atoms with Gasteiger partial charge in [-0.15, -0.1) is 0 Å². The maximum absolute atomic E-state index is 11.6. The normalized spacial score (nSPS) is 18.9. The molecule has 0 spiro atoms. The third-order valence-corrected chi connectivity index (χ3v) is 4.51. The number of carbonyl (C=O) groups is 1. The molecule has 112 valence electrons. The summed E-state index contributed by atoms with van der Waals surface area (Å²) in [6, 6.07) is 1.82.